The van der Waals surface area contributed by atoms with Gasteiger partial charge in [-0.3, -0.25) is 0 Å². The Morgan fingerprint density at radius 2 is 2.05 bits per heavy atom. The molecule has 114 valence electrons. The summed E-state index contributed by atoms with van der Waals surface area (Å²) < 4.78 is 13.5. The Hall–Kier alpha value is -2.05. The van der Waals surface area contributed by atoms with Crippen LogP contribution in [0.1, 0.15) is 10.7 Å². The van der Waals surface area contributed by atoms with Gasteiger partial charge >= 0.3 is 0 Å². The van der Waals surface area contributed by atoms with Crippen LogP contribution in [0.5, 0.6) is 11.5 Å². The van der Waals surface area contributed by atoms with E-state index >= 15 is 0 Å². The highest BCUT2D eigenvalue weighted by molar-refractivity contribution is 7.09. The van der Waals surface area contributed by atoms with Crippen LogP contribution >= 0.6 is 11.3 Å². The molecule has 3 heterocycles. The zero-order valence-corrected chi connectivity index (χ0v) is 12.9. The third-order valence-electron chi connectivity index (χ3n) is 3.76. The number of nitrogens with zero attached hydrogens (tertiary/aromatic N) is 2. The molecule has 3 aromatic rings. The third kappa shape index (κ3) is 2.34. The quantitative estimate of drug-likeness (QED) is 0.803. The summed E-state index contributed by atoms with van der Waals surface area (Å²) >= 11 is 1.75. The van der Waals surface area contributed by atoms with Crippen LogP contribution in [0.2, 0.25) is 0 Å². The van der Waals surface area contributed by atoms with Crippen molar-refractivity contribution >= 4 is 22.4 Å². The largest absolute Gasteiger partial charge is 0.486 e. The molecule has 0 atom stereocenters. The van der Waals surface area contributed by atoms with Crippen LogP contribution in [-0.2, 0) is 13.0 Å². The Labute approximate surface area is 132 Å². The van der Waals surface area contributed by atoms with Crippen molar-refractivity contribution in [3.05, 3.63) is 40.3 Å². The first-order valence-electron chi connectivity index (χ1n) is 7.36. The molecule has 0 radical (unpaired) electrons. The molecule has 0 spiro atoms. The summed E-state index contributed by atoms with van der Waals surface area (Å²) in [5.74, 6) is 2.60. The lowest BCUT2D eigenvalue weighted by Crippen LogP contribution is -2.15. The molecule has 0 saturated heterocycles. The average Bonchev–Trinajstić information content (AvgIpc) is 3.15. The van der Waals surface area contributed by atoms with Crippen molar-refractivity contribution in [1.29, 1.82) is 0 Å². The molecule has 1 aliphatic rings. The van der Waals surface area contributed by atoms with Crippen molar-refractivity contribution in [2.24, 2.45) is 5.73 Å². The molecule has 0 unspecified atom stereocenters. The Morgan fingerprint density at radius 3 is 2.77 bits per heavy atom. The summed E-state index contributed by atoms with van der Waals surface area (Å²) in [5.41, 5.74) is 7.78. The van der Waals surface area contributed by atoms with E-state index in [4.69, 9.17) is 20.2 Å². The fourth-order valence-electron chi connectivity index (χ4n) is 2.79. The number of hydrogen-bond acceptors (Lipinski definition) is 5. The number of imidazole rings is 1. The van der Waals surface area contributed by atoms with Crippen LogP contribution in [0.15, 0.2) is 29.6 Å². The number of fused-ring (bicyclic) bond motifs is 2. The van der Waals surface area contributed by atoms with Gasteiger partial charge < -0.3 is 19.8 Å². The van der Waals surface area contributed by atoms with Gasteiger partial charge in [-0.2, -0.15) is 0 Å². The van der Waals surface area contributed by atoms with E-state index in [1.54, 1.807) is 11.3 Å². The molecule has 6 heteroatoms. The van der Waals surface area contributed by atoms with E-state index in [9.17, 15) is 0 Å². The summed E-state index contributed by atoms with van der Waals surface area (Å²) in [4.78, 5) is 6.09. The fraction of sp³-hybridized carbons (Fsp3) is 0.312. The first-order valence-corrected chi connectivity index (χ1v) is 8.24. The second kappa shape index (κ2) is 5.62. The Balaban J connectivity index is 1.83. The van der Waals surface area contributed by atoms with Crippen LogP contribution in [0.25, 0.3) is 11.0 Å². The van der Waals surface area contributed by atoms with Crippen molar-refractivity contribution in [2.45, 2.75) is 13.0 Å². The topological polar surface area (TPSA) is 62.3 Å². The van der Waals surface area contributed by atoms with E-state index in [-0.39, 0.29) is 0 Å². The van der Waals surface area contributed by atoms with E-state index in [0.29, 0.717) is 19.8 Å². The average molecular weight is 315 g/mol. The molecule has 0 aliphatic carbocycles. The van der Waals surface area contributed by atoms with Gasteiger partial charge in [-0.25, -0.2) is 4.98 Å². The number of thiophene rings is 1. The minimum Gasteiger partial charge on any atom is -0.486 e. The lowest BCUT2D eigenvalue weighted by molar-refractivity contribution is 0.172. The Kier molecular flexibility index (Phi) is 3.48. The van der Waals surface area contributed by atoms with E-state index in [1.807, 2.05) is 12.1 Å². The summed E-state index contributed by atoms with van der Waals surface area (Å²) in [6, 6.07) is 8.18. The van der Waals surface area contributed by atoms with Crippen molar-refractivity contribution < 1.29 is 9.47 Å². The van der Waals surface area contributed by atoms with Crippen LogP contribution in [0.3, 0.4) is 0 Å². The maximum absolute atomic E-state index is 5.79. The maximum Gasteiger partial charge on any atom is 0.163 e. The maximum atomic E-state index is 5.79. The van der Waals surface area contributed by atoms with Gasteiger partial charge in [0.1, 0.15) is 19.0 Å². The molecule has 2 aromatic heterocycles. The van der Waals surface area contributed by atoms with Crippen molar-refractivity contribution in [3.8, 4) is 11.5 Å². The second-order valence-electron chi connectivity index (χ2n) is 5.21. The van der Waals surface area contributed by atoms with Gasteiger partial charge in [0.25, 0.3) is 0 Å². The molecular weight excluding hydrogens is 298 g/mol. The molecule has 0 amide bonds. The highest BCUT2D eigenvalue weighted by atomic mass is 32.1. The molecular formula is C16H17N3O2S. The van der Waals surface area contributed by atoms with Gasteiger partial charge in [-0.1, -0.05) is 6.07 Å². The number of hydrogen-bond donors (Lipinski definition) is 1. The molecule has 0 bridgehead atoms. The highest BCUT2D eigenvalue weighted by Gasteiger charge is 2.18. The first kappa shape index (κ1) is 13.6. The van der Waals surface area contributed by atoms with Crippen molar-refractivity contribution in [3.63, 3.8) is 0 Å². The van der Waals surface area contributed by atoms with Crippen LogP contribution in [0.4, 0.5) is 0 Å². The van der Waals surface area contributed by atoms with Gasteiger partial charge in [-0.15, -0.1) is 11.3 Å². The minimum absolute atomic E-state index is 0.581. The number of benzene rings is 1. The fourth-order valence-corrected chi connectivity index (χ4v) is 3.50. The van der Waals surface area contributed by atoms with Crippen LogP contribution < -0.4 is 15.2 Å². The molecule has 5 nitrogen and oxygen atoms in total. The lowest BCUT2D eigenvalue weighted by atomic mass is 10.2. The molecule has 2 N–H and O–H groups in total. The molecule has 0 fully saturated rings. The highest BCUT2D eigenvalue weighted by Crippen LogP contribution is 2.35. The standard InChI is InChI=1S/C16H17N3O2S/c17-3-4-19-13-10-15-14(20-5-6-21-15)9-12(13)18-16(19)8-11-2-1-7-22-11/h1-2,7,9-10H,3-6,8,17H2. The Bertz CT molecular complexity index is 795. The van der Waals surface area contributed by atoms with Gasteiger partial charge in [0.15, 0.2) is 11.5 Å². The third-order valence-corrected chi connectivity index (χ3v) is 4.63. The predicted octanol–water partition coefficient (Wildman–Crippen LogP) is 2.42. The summed E-state index contributed by atoms with van der Waals surface area (Å²) in [6.45, 7) is 2.50. The van der Waals surface area contributed by atoms with Crippen molar-refractivity contribution in [2.75, 3.05) is 19.8 Å². The molecule has 0 saturated carbocycles. The SMILES string of the molecule is NCCn1c(Cc2cccs2)nc2cc3c(cc21)OCCO3. The van der Waals surface area contributed by atoms with E-state index < -0.39 is 0 Å². The zero-order valence-electron chi connectivity index (χ0n) is 12.1. The van der Waals surface area contributed by atoms with Gasteiger partial charge in [0, 0.05) is 36.5 Å². The zero-order chi connectivity index (χ0) is 14.9. The monoisotopic (exact) mass is 315 g/mol. The minimum atomic E-state index is 0.581. The predicted molar refractivity (Wildman–Crippen MR) is 86.9 cm³/mol. The molecule has 1 aromatic carbocycles. The molecule has 1 aliphatic heterocycles. The Morgan fingerprint density at radius 1 is 1.23 bits per heavy atom. The second-order valence-corrected chi connectivity index (χ2v) is 6.24. The van der Waals surface area contributed by atoms with Gasteiger partial charge in [-0.05, 0) is 11.4 Å². The van der Waals surface area contributed by atoms with Crippen LogP contribution in [-0.4, -0.2) is 29.3 Å². The number of ether oxygens (including phenoxy) is 2. The van der Waals surface area contributed by atoms with Gasteiger partial charge in [0.2, 0.25) is 0 Å². The van der Waals surface area contributed by atoms with Gasteiger partial charge in [0.05, 0.1) is 11.0 Å². The first-order chi connectivity index (χ1) is 10.8. The number of aromatic nitrogens is 2. The van der Waals surface area contributed by atoms with E-state index in [2.05, 4.69) is 22.1 Å². The van der Waals surface area contributed by atoms with E-state index in [0.717, 1.165) is 41.3 Å². The summed E-state index contributed by atoms with van der Waals surface area (Å²) in [5, 5.41) is 2.09. The molecule has 22 heavy (non-hydrogen) atoms. The summed E-state index contributed by atoms with van der Waals surface area (Å²) in [7, 11) is 0. The normalized spacial score (nSPS) is 13.7. The summed E-state index contributed by atoms with van der Waals surface area (Å²) in [6.07, 6.45) is 0.818. The smallest absolute Gasteiger partial charge is 0.163 e. The molecule has 4 rings (SSSR count). The van der Waals surface area contributed by atoms with Crippen molar-refractivity contribution in [1.82, 2.24) is 9.55 Å². The van der Waals surface area contributed by atoms with Crippen LogP contribution in [0, 0.1) is 0 Å². The lowest BCUT2D eigenvalue weighted by Gasteiger charge is -2.18. The van der Waals surface area contributed by atoms with E-state index in [1.165, 1.54) is 4.88 Å². The number of rotatable bonds is 4. The number of nitrogens with two attached hydrogens (primary N) is 1.